The smallest absolute Gasteiger partial charge is 0.344 e. The number of rotatable bonds is 12. The molecule has 0 bridgehead atoms. The molecule has 186 valence electrons. The molecule has 2 aliphatic rings. The van der Waals surface area contributed by atoms with Crippen LogP contribution >= 0.6 is 0 Å². The SMILES string of the molecule is CCCCC[SiH]1CCC([C@H]2CC[C@H](CCCCc3ccc(OC(F)=C(F)F)cc3)CC2)CC1. The number of ether oxygens (including phenoxy) is 1. The fraction of sp³-hybridized carbons (Fsp3) is 0.714. The molecule has 1 aromatic rings. The van der Waals surface area contributed by atoms with E-state index >= 15 is 0 Å². The van der Waals surface area contributed by atoms with Gasteiger partial charge in [-0.05, 0) is 61.1 Å². The molecule has 0 radical (unpaired) electrons. The molecule has 0 N–H and O–H groups in total. The zero-order valence-corrected chi connectivity index (χ0v) is 21.6. The number of benzene rings is 1. The van der Waals surface area contributed by atoms with Gasteiger partial charge in [0.1, 0.15) is 5.75 Å². The summed E-state index contributed by atoms with van der Waals surface area (Å²) in [5, 5.41) is 0. The summed E-state index contributed by atoms with van der Waals surface area (Å²) >= 11 is 0. The third-order valence-corrected chi connectivity index (χ3v) is 11.8. The van der Waals surface area contributed by atoms with Crippen molar-refractivity contribution in [2.24, 2.45) is 17.8 Å². The first-order valence-corrected chi connectivity index (χ1v) is 16.0. The van der Waals surface area contributed by atoms with Gasteiger partial charge in [0.05, 0.1) is 0 Å². The van der Waals surface area contributed by atoms with Crippen molar-refractivity contribution in [1.82, 2.24) is 0 Å². The van der Waals surface area contributed by atoms with Crippen molar-refractivity contribution in [3.8, 4) is 5.75 Å². The van der Waals surface area contributed by atoms with E-state index in [0.29, 0.717) is 0 Å². The highest BCUT2D eigenvalue weighted by Gasteiger charge is 2.30. The molecule has 0 aromatic heterocycles. The first kappa shape index (κ1) is 26.4. The van der Waals surface area contributed by atoms with Crippen molar-refractivity contribution in [2.75, 3.05) is 0 Å². The predicted octanol–water partition coefficient (Wildman–Crippen LogP) is 9.45. The number of halogens is 3. The number of unbranched alkanes of at least 4 members (excludes halogenated alkanes) is 3. The molecule has 1 aromatic carbocycles. The summed E-state index contributed by atoms with van der Waals surface area (Å²) < 4.78 is 41.5. The summed E-state index contributed by atoms with van der Waals surface area (Å²) in [5.41, 5.74) is 1.14. The number of hydrogen-bond donors (Lipinski definition) is 0. The van der Waals surface area contributed by atoms with Crippen molar-refractivity contribution in [3.63, 3.8) is 0 Å². The van der Waals surface area contributed by atoms with Gasteiger partial charge in [-0.25, -0.2) is 0 Å². The zero-order chi connectivity index (χ0) is 23.5. The fourth-order valence-corrected chi connectivity index (χ4v) is 9.74. The van der Waals surface area contributed by atoms with Crippen LogP contribution in [-0.2, 0) is 6.42 Å². The van der Waals surface area contributed by atoms with Gasteiger partial charge in [0.25, 0.3) is 0 Å². The van der Waals surface area contributed by atoms with Crippen LogP contribution in [0, 0.1) is 17.8 Å². The molecule has 33 heavy (non-hydrogen) atoms. The van der Waals surface area contributed by atoms with Gasteiger partial charge in [-0.2, -0.15) is 13.2 Å². The van der Waals surface area contributed by atoms with Crippen LogP contribution in [0.25, 0.3) is 0 Å². The molecule has 0 amide bonds. The Labute approximate surface area is 200 Å². The Morgan fingerprint density at radius 1 is 0.848 bits per heavy atom. The third-order valence-electron chi connectivity index (χ3n) is 8.27. The van der Waals surface area contributed by atoms with Crippen molar-refractivity contribution >= 4 is 8.80 Å². The highest BCUT2D eigenvalue weighted by molar-refractivity contribution is 6.58. The highest BCUT2D eigenvalue weighted by atomic mass is 28.3. The Kier molecular flexibility index (Phi) is 11.4. The molecule has 1 heterocycles. The minimum Gasteiger partial charge on any atom is -0.428 e. The average molecular weight is 481 g/mol. The standard InChI is InChI=1S/C28H43F3OSi/c1-2-3-6-19-33-20-17-25(18-21-33)24-13-9-22(10-14-24)7-4-5-8-23-11-15-26(16-12-23)32-28(31)27(29)30/h11-12,15-16,22,24-25,33H,2-10,13-14,17-21H2,1H3/t22-,24-,25?,33?. The minimum absolute atomic E-state index is 0.105. The maximum absolute atomic E-state index is 12.8. The monoisotopic (exact) mass is 480 g/mol. The molecular formula is C28H43F3OSi. The summed E-state index contributed by atoms with van der Waals surface area (Å²) in [4.78, 5) is 0. The maximum Gasteiger partial charge on any atom is 0.344 e. The van der Waals surface area contributed by atoms with E-state index in [1.54, 1.807) is 43.1 Å². The molecule has 0 spiro atoms. The lowest BCUT2D eigenvalue weighted by Gasteiger charge is -2.37. The second kappa shape index (κ2) is 14.2. The number of aryl methyl sites for hydroxylation is 1. The average Bonchev–Trinajstić information content (AvgIpc) is 2.84. The lowest BCUT2D eigenvalue weighted by atomic mass is 9.73. The van der Waals surface area contributed by atoms with E-state index in [2.05, 4.69) is 11.7 Å². The molecule has 1 nitrogen and oxygen atoms in total. The molecule has 1 saturated carbocycles. The number of hydrogen-bond acceptors (Lipinski definition) is 1. The molecule has 1 saturated heterocycles. The van der Waals surface area contributed by atoms with Crippen molar-refractivity contribution < 1.29 is 17.9 Å². The fourth-order valence-electron chi connectivity index (χ4n) is 6.21. The van der Waals surface area contributed by atoms with Gasteiger partial charge in [0, 0.05) is 8.80 Å². The topological polar surface area (TPSA) is 9.23 Å². The van der Waals surface area contributed by atoms with E-state index in [0.717, 1.165) is 36.2 Å². The van der Waals surface area contributed by atoms with Crippen LogP contribution in [-0.4, -0.2) is 8.80 Å². The summed E-state index contributed by atoms with van der Waals surface area (Å²) in [7, 11) is -0.378. The van der Waals surface area contributed by atoms with Gasteiger partial charge in [-0.1, -0.05) is 95.0 Å². The van der Waals surface area contributed by atoms with E-state index in [1.807, 2.05) is 12.1 Å². The molecular weight excluding hydrogens is 437 g/mol. The van der Waals surface area contributed by atoms with Crippen LogP contribution < -0.4 is 4.74 Å². The van der Waals surface area contributed by atoms with Gasteiger partial charge in [0.2, 0.25) is 0 Å². The molecule has 0 unspecified atom stereocenters. The second-order valence-corrected chi connectivity index (χ2v) is 14.0. The van der Waals surface area contributed by atoms with Crippen LogP contribution in [0.15, 0.2) is 36.4 Å². The van der Waals surface area contributed by atoms with Crippen LogP contribution in [0.2, 0.25) is 18.1 Å². The largest absolute Gasteiger partial charge is 0.428 e. The Hall–Kier alpha value is -1.23. The summed E-state index contributed by atoms with van der Waals surface area (Å²) in [6.07, 6.45) is 15.4. The van der Waals surface area contributed by atoms with E-state index in [1.165, 1.54) is 57.8 Å². The van der Waals surface area contributed by atoms with Crippen LogP contribution in [0.3, 0.4) is 0 Å². The molecule has 0 atom stereocenters. The van der Waals surface area contributed by atoms with Crippen molar-refractivity contribution in [1.29, 1.82) is 0 Å². The van der Waals surface area contributed by atoms with E-state index in [4.69, 9.17) is 0 Å². The molecule has 3 rings (SSSR count). The molecule has 1 aliphatic carbocycles. The van der Waals surface area contributed by atoms with E-state index in [-0.39, 0.29) is 14.5 Å². The highest BCUT2D eigenvalue weighted by Crippen LogP contribution is 2.42. The summed E-state index contributed by atoms with van der Waals surface area (Å²) in [5.74, 6) is 3.06. The van der Waals surface area contributed by atoms with E-state index in [9.17, 15) is 13.2 Å². The first-order valence-electron chi connectivity index (χ1n) is 13.5. The van der Waals surface area contributed by atoms with Gasteiger partial charge in [-0.3, -0.25) is 0 Å². The van der Waals surface area contributed by atoms with Crippen LogP contribution in [0.4, 0.5) is 13.2 Å². The molecule has 5 heteroatoms. The Bertz CT molecular complexity index is 700. The van der Waals surface area contributed by atoms with Crippen LogP contribution in [0.1, 0.15) is 89.5 Å². The quantitative estimate of drug-likeness (QED) is 0.164. The molecule has 1 aliphatic heterocycles. The zero-order valence-electron chi connectivity index (χ0n) is 20.5. The second-order valence-electron chi connectivity index (χ2n) is 10.6. The van der Waals surface area contributed by atoms with Gasteiger partial charge in [-0.15, -0.1) is 0 Å². The van der Waals surface area contributed by atoms with Gasteiger partial charge < -0.3 is 4.74 Å². The van der Waals surface area contributed by atoms with Crippen molar-refractivity contribution in [2.45, 2.75) is 109 Å². The lowest BCUT2D eigenvalue weighted by Crippen LogP contribution is -2.28. The van der Waals surface area contributed by atoms with Crippen molar-refractivity contribution in [3.05, 3.63) is 41.9 Å². The molecule has 2 fully saturated rings. The minimum atomic E-state index is -2.43. The van der Waals surface area contributed by atoms with Gasteiger partial charge >= 0.3 is 12.1 Å². The van der Waals surface area contributed by atoms with E-state index < -0.39 is 12.1 Å². The normalized spacial score (nSPS) is 25.6. The third kappa shape index (κ3) is 9.14. The Morgan fingerprint density at radius 2 is 1.52 bits per heavy atom. The summed E-state index contributed by atoms with van der Waals surface area (Å²) in [6, 6.07) is 9.83. The van der Waals surface area contributed by atoms with Crippen LogP contribution in [0.5, 0.6) is 5.75 Å². The Balaban J connectivity index is 1.26. The lowest BCUT2D eigenvalue weighted by molar-refractivity contribution is 0.184. The Morgan fingerprint density at radius 3 is 2.15 bits per heavy atom. The van der Waals surface area contributed by atoms with Gasteiger partial charge in [0.15, 0.2) is 0 Å². The predicted molar refractivity (Wildman–Crippen MR) is 134 cm³/mol. The summed E-state index contributed by atoms with van der Waals surface area (Å²) in [6.45, 7) is 2.31. The maximum atomic E-state index is 12.8. The first-order chi connectivity index (χ1) is 16.0.